The molecule has 9 heteroatoms. The minimum Gasteiger partial charge on any atom is -0.292 e. The predicted molar refractivity (Wildman–Crippen MR) is 71.0 cm³/mol. The van der Waals surface area contributed by atoms with E-state index in [0.717, 1.165) is 18.3 Å². The first-order valence-corrected chi connectivity index (χ1v) is 7.55. The molecule has 0 fully saturated rings. The number of phosphoric ester groups is 1. The van der Waals surface area contributed by atoms with Crippen LogP contribution in [0.5, 0.6) is 0 Å². The maximum Gasteiger partial charge on any atom is 0.550 e. The van der Waals surface area contributed by atoms with Gasteiger partial charge in [0, 0.05) is 0 Å². The first-order chi connectivity index (χ1) is 9.80. The van der Waals surface area contributed by atoms with Crippen LogP contribution in [0.25, 0.3) is 0 Å². The van der Waals surface area contributed by atoms with Crippen LogP contribution in [0.2, 0.25) is 0 Å². The number of halogens is 3. The van der Waals surface area contributed by atoms with Gasteiger partial charge in [-0.05, 0) is 31.5 Å². The van der Waals surface area contributed by atoms with E-state index < -0.39 is 19.6 Å². The van der Waals surface area contributed by atoms with Gasteiger partial charge in [0.05, 0.1) is 25.0 Å². The summed E-state index contributed by atoms with van der Waals surface area (Å²) >= 11 is 0. The molecule has 0 amide bonds. The molecule has 0 saturated heterocycles. The number of phosphoric acid groups is 1. The monoisotopic (exact) mass is 325 g/mol. The molecule has 5 nitrogen and oxygen atoms in total. The van der Waals surface area contributed by atoms with Crippen LogP contribution in [0.1, 0.15) is 25.0 Å². The van der Waals surface area contributed by atoms with Gasteiger partial charge in [-0.15, -0.1) is 0 Å². The Morgan fingerprint density at radius 2 is 1.86 bits per heavy atom. The Bertz CT molecular complexity index is 523. The van der Waals surface area contributed by atoms with Crippen molar-refractivity contribution in [2.24, 2.45) is 5.16 Å². The number of benzene rings is 1. The number of hydrogen-bond donors (Lipinski definition) is 0. The summed E-state index contributed by atoms with van der Waals surface area (Å²) in [5.74, 6) is 0. The molecule has 0 radical (unpaired) electrons. The topological polar surface area (TPSA) is 57.1 Å². The summed E-state index contributed by atoms with van der Waals surface area (Å²) in [4.78, 5) is 0. The van der Waals surface area contributed by atoms with Gasteiger partial charge in [0.2, 0.25) is 0 Å². The van der Waals surface area contributed by atoms with Crippen molar-refractivity contribution in [3.05, 3.63) is 35.4 Å². The molecule has 118 valence electrons. The molecule has 1 aromatic rings. The molecule has 0 bridgehead atoms. The van der Waals surface area contributed by atoms with Crippen LogP contribution in [0.15, 0.2) is 29.4 Å². The van der Waals surface area contributed by atoms with E-state index >= 15 is 0 Å². The fourth-order valence-corrected chi connectivity index (χ4v) is 2.30. The molecule has 0 heterocycles. The number of alkyl halides is 3. The van der Waals surface area contributed by atoms with Gasteiger partial charge in [0.15, 0.2) is 0 Å². The van der Waals surface area contributed by atoms with E-state index in [0.29, 0.717) is 0 Å². The fourth-order valence-electron chi connectivity index (χ4n) is 1.34. The zero-order chi connectivity index (χ0) is 15.9. The molecule has 0 spiro atoms. The molecule has 0 aliphatic rings. The largest absolute Gasteiger partial charge is 0.550 e. The molecule has 0 unspecified atom stereocenters. The van der Waals surface area contributed by atoms with Crippen molar-refractivity contribution in [2.45, 2.75) is 20.0 Å². The quantitative estimate of drug-likeness (QED) is 0.427. The van der Waals surface area contributed by atoms with Crippen molar-refractivity contribution in [1.82, 2.24) is 0 Å². The van der Waals surface area contributed by atoms with E-state index in [9.17, 15) is 17.7 Å². The van der Waals surface area contributed by atoms with Crippen LogP contribution in [-0.2, 0) is 24.4 Å². The van der Waals surface area contributed by atoms with E-state index in [-0.39, 0.29) is 18.8 Å². The second-order valence-electron chi connectivity index (χ2n) is 3.72. The lowest BCUT2D eigenvalue weighted by Crippen LogP contribution is -2.05. The van der Waals surface area contributed by atoms with Gasteiger partial charge in [-0.1, -0.05) is 17.3 Å². The van der Waals surface area contributed by atoms with Crippen molar-refractivity contribution < 1.29 is 31.4 Å². The predicted octanol–water partition coefficient (Wildman–Crippen LogP) is 4.24. The average molecular weight is 325 g/mol. The Morgan fingerprint density at radius 3 is 2.38 bits per heavy atom. The summed E-state index contributed by atoms with van der Waals surface area (Å²) < 4.78 is 63.7. The zero-order valence-corrected chi connectivity index (χ0v) is 12.4. The molecule has 0 aliphatic carbocycles. The van der Waals surface area contributed by atoms with E-state index in [1.165, 1.54) is 12.1 Å². The number of rotatable bonds is 7. The number of nitrogens with zero attached hydrogens (tertiary/aromatic N) is 1. The van der Waals surface area contributed by atoms with E-state index in [4.69, 9.17) is 9.05 Å². The summed E-state index contributed by atoms with van der Waals surface area (Å²) in [6.07, 6.45) is -3.45. The molecule has 21 heavy (non-hydrogen) atoms. The van der Waals surface area contributed by atoms with Crippen molar-refractivity contribution in [2.75, 3.05) is 13.2 Å². The second-order valence-corrected chi connectivity index (χ2v) is 5.30. The van der Waals surface area contributed by atoms with Gasteiger partial charge < -0.3 is 0 Å². The normalized spacial score (nSPS) is 12.8. The molecular weight excluding hydrogens is 310 g/mol. The second kappa shape index (κ2) is 7.59. The Kier molecular flexibility index (Phi) is 6.39. The SMILES string of the molecule is CCOP(=O)(OCC)O/N=C/c1cccc(C(F)(F)F)c1. The summed E-state index contributed by atoms with van der Waals surface area (Å²) in [6.45, 7) is 3.34. The van der Waals surface area contributed by atoms with Crippen LogP contribution in [-0.4, -0.2) is 19.4 Å². The van der Waals surface area contributed by atoms with E-state index in [1.807, 2.05) is 0 Å². The van der Waals surface area contributed by atoms with Crippen LogP contribution < -0.4 is 0 Å². The molecule has 1 aromatic carbocycles. The lowest BCUT2D eigenvalue weighted by Gasteiger charge is -2.12. The smallest absolute Gasteiger partial charge is 0.292 e. The van der Waals surface area contributed by atoms with Crippen molar-refractivity contribution >= 4 is 14.0 Å². The number of oxime groups is 1. The van der Waals surface area contributed by atoms with Crippen LogP contribution in [0.3, 0.4) is 0 Å². The zero-order valence-electron chi connectivity index (χ0n) is 11.5. The van der Waals surface area contributed by atoms with E-state index in [1.54, 1.807) is 13.8 Å². The van der Waals surface area contributed by atoms with Crippen molar-refractivity contribution in [3.63, 3.8) is 0 Å². The maximum absolute atomic E-state index is 12.5. The lowest BCUT2D eigenvalue weighted by atomic mass is 10.1. The Hall–Kier alpha value is -1.37. The molecule has 0 N–H and O–H groups in total. The first-order valence-electron chi connectivity index (χ1n) is 6.09. The van der Waals surface area contributed by atoms with Crippen LogP contribution in [0.4, 0.5) is 13.2 Å². The molecule has 0 atom stereocenters. The molecule has 0 aromatic heterocycles. The Balaban J connectivity index is 2.79. The lowest BCUT2D eigenvalue weighted by molar-refractivity contribution is -0.137. The summed E-state index contributed by atoms with van der Waals surface area (Å²) in [6, 6.07) is 4.45. The van der Waals surface area contributed by atoms with Crippen LogP contribution in [0, 0.1) is 0 Å². The maximum atomic E-state index is 12.5. The summed E-state index contributed by atoms with van der Waals surface area (Å²) in [5, 5.41) is 3.37. The first kappa shape index (κ1) is 17.7. The summed E-state index contributed by atoms with van der Waals surface area (Å²) in [5.41, 5.74) is -0.673. The third-order valence-corrected chi connectivity index (χ3v) is 3.58. The molecule has 0 aliphatic heterocycles. The molecule has 1 rings (SSSR count). The van der Waals surface area contributed by atoms with Gasteiger partial charge in [0.25, 0.3) is 0 Å². The minimum atomic E-state index is -4.45. The van der Waals surface area contributed by atoms with Crippen molar-refractivity contribution in [1.29, 1.82) is 0 Å². The fraction of sp³-hybridized carbons (Fsp3) is 0.417. The highest BCUT2D eigenvalue weighted by Crippen LogP contribution is 2.49. The average Bonchev–Trinajstić information content (AvgIpc) is 2.38. The van der Waals surface area contributed by atoms with Gasteiger partial charge >= 0.3 is 14.0 Å². The van der Waals surface area contributed by atoms with Gasteiger partial charge in [0.1, 0.15) is 0 Å². The molecule has 0 saturated carbocycles. The van der Waals surface area contributed by atoms with E-state index in [2.05, 4.69) is 9.78 Å². The highest BCUT2D eigenvalue weighted by molar-refractivity contribution is 7.48. The standard InChI is InChI=1S/C12H15F3NO4P/c1-3-18-21(17,19-4-2)20-16-9-10-6-5-7-11(8-10)12(13,14)15/h5-9H,3-4H2,1-2H3/b16-9+. The van der Waals surface area contributed by atoms with Gasteiger partial charge in [-0.25, -0.2) is 4.57 Å². The van der Waals surface area contributed by atoms with Gasteiger partial charge in [-0.2, -0.15) is 13.2 Å². The third-order valence-electron chi connectivity index (χ3n) is 2.14. The Morgan fingerprint density at radius 1 is 1.24 bits per heavy atom. The van der Waals surface area contributed by atoms with Crippen molar-refractivity contribution in [3.8, 4) is 0 Å². The highest BCUT2D eigenvalue weighted by Gasteiger charge is 2.30. The number of hydrogen-bond acceptors (Lipinski definition) is 5. The summed E-state index contributed by atoms with van der Waals surface area (Å²) in [7, 11) is -3.82. The van der Waals surface area contributed by atoms with Gasteiger partial charge in [-0.3, -0.25) is 13.7 Å². The van der Waals surface area contributed by atoms with Crippen LogP contribution >= 0.6 is 7.82 Å². The Labute approximate surface area is 120 Å². The minimum absolute atomic E-state index is 0.0797. The third kappa shape index (κ3) is 5.87. The molecular formula is C12H15F3NO4P. The highest BCUT2D eigenvalue weighted by atomic mass is 31.2.